The Balaban J connectivity index is 1.87. The average molecular weight is 254 g/mol. The molecule has 0 fully saturated rings. The minimum Gasteiger partial charge on any atom is -0.361 e. The van der Waals surface area contributed by atoms with Gasteiger partial charge in [-0.15, -0.1) is 0 Å². The van der Waals surface area contributed by atoms with Crippen LogP contribution in [-0.4, -0.2) is 17.4 Å². The highest BCUT2D eigenvalue weighted by molar-refractivity contribution is 5.88. The molecule has 0 saturated carbocycles. The molecule has 0 radical (unpaired) electrons. The third-order valence-corrected chi connectivity index (χ3v) is 2.92. The topological polar surface area (TPSA) is 44.9 Å². The van der Waals surface area contributed by atoms with Gasteiger partial charge in [-0.3, -0.25) is 4.79 Å². The fraction of sp³-hybridized carbons (Fsp3) is 0.188. The lowest BCUT2D eigenvalue weighted by molar-refractivity contribution is -0.116. The van der Waals surface area contributed by atoms with E-state index in [0.717, 1.165) is 11.9 Å². The summed E-state index contributed by atoms with van der Waals surface area (Å²) in [5, 5.41) is 4.09. The van der Waals surface area contributed by atoms with Gasteiger partial charge >= 0.3 is 0 Å². The highest BCUT2D eigenvalue weighted by Gasteiger charge is 2.02. The van der Waals surface area contributed by atoms with Gasteiger partial charge in [0.25, 0.3) is 0 Å². The molecule has 1 aromatic heterocycles. The molecule has 2 rings (SSSR count). The van der Waals surface area contributed by atoms with Crippen molar-refractivity contribution in [2.75, 3.05) is 6.54 Å². The first-order chi connectivity index (χ1) is 9.31. The van der Waals surface area contributed by atoms with Crippen LogP contribution in [-0.2, 0) is 11.2 Å². The first-order valence-electron chi connectivity index (χ1n) is 6.43. The average Bonchev–Trinajstić information content (AvgIpc) is 2.83. The number of aromatic amines is 1. The number of amides is 1. The van der Waals surface area contributed by atoms with Crippen LogP contribution in [0.3, 0.4) is 0 Å². The Morgan fingerprint density at radius 1 is 1.32 bits per heavy atom. The van der Waals surface area contributed by atoms with E-state index < -0.39 is 0 Å². The summed E-state index contributed by atoms with van der Waals surface area (Å²) < 4.78 is 0. The van der Waals surface area contributed by atoms with Crippen molar-refractivity contribution >= 4 is 16.8 Å². The largest absolute Gasteiger partial charge is 0.361 e. The van der Waals surface area contributed by atoms with Gasteiger partial charge in [0.15, 0.2) is 0 Å². The van der Waals surface area contributed by atoms with Crippen molar-refractivity contribution in [3.63, 3.8) is 0 Å². The molecular formula is C16H18N2O. The van der Waals surface area contributed by atoms with Crippen molar-refractivity contribution < 1.29 is 4.79 Å². The quantitative estimate of drug-likeness (QED) is 0.625. The summed E-state index contributed by atoms with van der Waals surface area (Å²) in [6, 6.07) is 8.18. The number of benzene rings is 1. The number of fused-ring (bicyclic) bond motifs is 1. The summed E-state index contributed by atoms with van der Waals surface area (Å²) in [6.45, 7) is 2.56. The van der Waals surface area contributed by atoms with Gasteiger partial charge in [-0.05, 0) is 25.0 Å². The second-order valence-corrected chi connectivity index (χ2v) is 4.29. The van der Waals surface area contributed by atoms with Crippen molar-refractivity contribution in [3.05, 3.63) is 60.3 Å². The van der Waals surface area contributed by atoms with Gasteiger partial charge in [-0.2, -0.15) is 0 Å². The zero-order valence-electron chi connectivity index (χ0n) is 11.0. The van der Waals surface area contributed by atoms with Crippen LogP contribution in [0.4, 0.5) is 0 Å². The van der Waals surface area contributed by atoms with Gasteiger partial charge in [0.2, 0.25) is 5.91 Å². The third-order valence-electron chi connectivity index (χ3n) is 2.92. The third kappa shape index (κ3) is 3.58. The van der Waals surface area contributed by atoms with Crippen molar-refractivity contribution in [3.8, 4) is 0 Å². The Hall–Kier alpha value is -2.29. The van der Waals surface area contributed by atoms with Crippen LogP contribution >= 0.6 is 0 Å². The summed E-state index contributed by atoms with van der Waals surface area (Å²) in [6.07, 6.45) is 9.82. The number of hydrogen-bond donors (Lipinski definition) is 2. The molecule has 0 spiro atoms. The number of para-hydroxylation sites is 1. The Morgan fingerprint density at radius 3 is 3.00 bits per heavy atom. The predicted octanol–water partition coefficient (Wildman–Crippen LogP) is 2.96. The van der Waals surface area contributed by atoms with E-state index in [0.29, 0.717) is 6.54 Å². The van der Waals surface area contributed by atoms with Gasteiger partial charge in [0, 0.05) is 29.7 Å². The Bertz CT molecular complexity index is 608. The number of carbonyl (C=O) groups excluding carboxylic acids is 1. The second-order valence-electron chi connectivity index (χ2n) is 4.29. The SMILES string of the molecule is C/C=C/C=C/C(=O)NCCc1c[nH]c2ccccc12. The molecule has 2 aromatic rings. The van der Waals surface area contributed by atoms with Gasteiger partial charge in [-0.25, -0.2) is 0 Å². The number of hydrogen-bond acceptors (Lipinski definition) is 1. The van der Waals surface area contributed by atoms with Crippen LogP contribution in [0.15, 0.2) is 54.8 Å². The molecule has 0 bridgehead atoms. The zero-order chi connectivity index (χ0) is 13.5. The van der Waals surface area contributed by atoms with E-state index in [-0.39, 0.29) is 5.91 Å². The molecule has 0 saturated heterocycles. The minimum atomic E-state index is -0.0575. The van der Waals surface area contributed by atoms with E-state index in [2.05, 4.69) is 22.4 Å². The number of carbonyl (C=O) groups is 1. The van der Waals surface area contributed by atoms with Gasteiger partial charge in [0.1, 0.15) is 0 Å². The van der Waals surface area contributed by atoms with Crippen LogP contribution in [0.25, 0.3) is 10.9 Å². The molecule has 1 aromatic carbocycles. The van der Waals surface area contributed by atoms with E-state index in [1.165, 1.54) is 17.0 Å². The van der Waals surface area contributed by atoms with Crippen LogP contribution in [0.2, 0.25) is 0 Å². The second kappa shape index (κ2) is 6.59. The number of nitrogens with one attached hydrogen (secondary N) is 2. The molecule has 98 valence electrons. The zero-order valence-corrected chi connectivity index (χ0v) is 11.0. The van der Waals surface area contributed by atoms with Crippen LogP contribution in [0.1, 0.15) is 12.5 Å². The smallest absolute Gasteiger partial charge is 0.243 e. The molecule has 19 heavy (non-hydrogen) atoms. The van der Waals surface area contributed by atoms with Crippen molar-refractivity contribution in [2.45, 2.75) is 13.3 Å². The summed E-state index contributed by atoms with van der Waals surface area (Å²) in [5.41, 5.74) is 2.37. The van der Waals surface area contributed by atoms with E-state index >= 15 is 0 Å². The molecule has 1 amide bonds. The normalized spacial score (nSPS) is 11.6. The van der Waals surface area contributed by atoms with Crippen LogP contribution < -0.4 is 5.32 Å². The predicted molar refractivity (Wildman–Crippen MR) is 79.0 cm³/mol. The van der Waals surface area contributed by atoms with Crippen LogP contribution in [0.5, 0.6) is 0 Å². The van der Waals surface area contributed by atoms with Gasteiger partial charge in [-0.1, -0.05) is 36.4 Å². The molecule has 0 unspecified atom stereocenters. The van der Waals surface area contributed by atoms with E-state index in [1.807, 2.05) is 37.4 Å². The lowest BCUT2D eigenvalue weighted by Crippen LogP contribution is -2.23. The van der Waals surface area contributed by atoms with Crippen LogP contribution in [0, 0.1) is 0 Å². The maximum absolute atomic E-state index is 11.5. The molecule has 3 heteroatoms. The fourth-order valence-corrected chi connectivity index (χ4v) is 1.97. The molecule has 0 atom stereocenters. The number of H-pyrrole nitrogens is 1. The van der Waals surface area contributed by atoms with Gasteiger partial charge < -0.3 is 10.3 Å². The van der Waals surface area contributed by atoms with Crippen molar-refractivity contribution in [1.29, 1.82) is 0 Å². The van der Waals surface area contributed by atoms with E-state index in [9.17, 15) is 4.79 Å². The molecule has 0 aliphatic heterocycles. The minimum absolute atomic E-state index is 0.0575. The number of rotatable bonds is 5. The molecular weight excluding hydrogens is 236 g/mol. The Kier molecular flexibility index (Phi) is 4.56. The molecule has 2 N–H and O–H groups in total. The molecule has 0 aliphatic carbocycles. The van der Waals surface area contributed by atoms with E-state index in [1.54, 1.807) is 6.08 Å². The maximum Gasteiger partial charge on any atom is 0.243 e. The Labute approximate surface area is 113 Å². The number of allylic oxidation sites excluding steroid dienone is 3. The molecule has 1 heterocycles. The lowest BCUT2D eigenvalue weighted by Gasteiger charge is -2.01. The summed E-state index contributed by atoms with van der Waals surface area (Å²) >= 11 is 0. The number of aromatic nitrogens is 1. The summed E-state index contributed by atoms with van der Waals surface area (Å²) in [4.78, 5) is 14.7. The standard InChI is InChI=1S/C16H18N2O/c1-2-3-4-9-16(19)17-11-10-13-12-18-15-8-6-5-7-14(13)15/h2-9,12,18H,10-11H2,1H3,(H,17,19)/b3-2+,9-4+. The lowest BCUT2D eigenvalue weighted by atomic mass is 10.1. The van der Waals surface area contributed by atoms with Crippen molar-refractivity contribution in [1.82, 2.24) is 10.3 Å². The monoisotopic (exact) mass is 254 g/mol. The maximum atomic E-state index is 11.5. The van der Waals surface area contributed by atoms with E-state index in [4.69, 9.17) is 0 Å². The first-order valence-corrected chi connectivity index (χ1v) is 6.43. The summed E-state index contributed by atoms with van der Waals surface area (Å²) in [5.74, 6) is -0.0575. The fourth-order valence-electron chi connectivity index (χ4n) is 1.97. The first kappa shape index (κ1) is 13.1. The molecule has 0 aliphatic rings. The highest BCUT2D eigenvalue weighted by atomic mass is 16.1. The Morgan fingerprint density at radius 2 is 2.16 bits per heavy atom. The highest BCUT2D eigenvalue weighted by Crippen LogP contribution is 2.17. The summed E-state index contributed by atoms with van der Waals surface area (Å²) in [7, 11) is 0. The van der Waals surface area contributed by atoms with Gasteiger partial charge in [0.05, 0.1) is 0 Å². The van der Waals surface area contributed by atoms with Crippen molar-refractivity contribution in [2.24, 2.45) is 0 Å². The molecule has 3 nitrogen and oxygen atoms in total.